The highest BCUT2D eigenvalue weighted by Crippen LogP contribution is 1.78. The van der Waals surface area contributed by atoms with E-state index in [-0.39, 0.29) is 0 Å². The van der Waals surface area contributed by atoms with Crippen LogP contribution < -0.4 is 10.6 Å². The second-order valence-electron chi connectivity index (χ2n) is 2.29. The molecule has 12 heavy (non-hydrogen) atoms. The fraction of sp³-hybridized carbons (Fsp3) is 0.273. The van der Waals surface area contributed by atoms with Crippen LogP contribution in [0.15, 0.2) is 18.7 Å². The summed E-state index contributed by atoms with van der Waals surface area (Å²) in [6.45, 7) is 13.4. The number of aromatic amines is 1. The Bertz CT molecular complexity index is 330. The van der Waals surface area contributed by atoms with E-state index in [2.05, 4.69) is 18.1 Å². The number of H-pyrrole nitrogens is 1. The predicted octanol–water partition coefficient (Wildman–Crippen LogP) is 1.73. The SMILES string of the molecule is C=C/C=c1/cc(C)[nH]c1=C.CC. The molecule has 1 heterocycles. The van der Waals surface area contributed by atoms with Crippen LogP contribution in [0.25, 0.3) is 12.7 Å². The fourth-order valence-electron chi connectivity index (χ4n) is 0.942. The molecule has 66 valence electrons. The molecule has 1 aromatic heterocycles. The minimum absolute atomic E-state index is 0.956. The third-order valence-electron chi connectivity index (χ3n) is 1.37. The van der Waals surface area contributed by atoms with Crippen molar-refractivity contribution in [3.8, 4) is 0 Å². The van der Waals surface area contributed by atoms with Gasteiger partial charge in [-0.25, -0.2) is 0 Å². The standard InChI is InChI=1S/C9H11N.C2H6/c1-4-5-9-6-7(2)10-8(9)3;1-2/h4-6,10H,1,3H2,2H3;1-2H3/b9-5-;. The van der Waals surface area contributed by atoms with Crippen LogP contribution in [0.3, 0.4) is 0 Å². The first-order valence-electron chi connectivity index (χ1n) is 4.21. The van der Waals surface area contributed by atoms with Gasteiger partial charge in [-0.15, -0.1) is 0 Å². The number of aryl methyl sites for hydroxylation is 1. The molecule has 0 aliphatic carbocycles. The molecule has 0 unspecified atom stereocenters. The van der Waals surface area contributed by atoms with Crippen molar-refractivity contribution in [3.05, 3.63) is 35.0 Å². The van der Waals surface area contributed by atoms with Crippen molar-refractivity contribution in [2.45, 2.75) is 20.8 Å². The molecule has 1 nitrogen and oxygen atoms in total. The number of hydrogen-bond acceptors (Lipinski definition) is 0. The van der Waals surface area contributed by atoms with Crippen molar-refractivity contribution in [2.24, 2.45) is 0 Å². The molecular formula is C11H17N. The van der Waals surface area contributed by atoms with Crippen molar-refractivity contribution in [3.63, 3.8) is 0 Å². The maximum Gasteiger partial charge on any atom is 0.0382 e. The lowest BCUT2D eigenvalue weighted by atomic mass is 10.3. The van der Waals surface area contributed by atoms with Gasteiger partial charge in [0.1, 0.15) is 0 Å². The molecule has 0 aromatic carbocycles. The molecule has 1 aromatic rings. The smallest absolute Gasteiger partial charge is 0.0382 e. The second-order valence-corrected chi connectivity index (χ2v) is 2.29. The van der Waals surface area contributed by atoms with Gasteiger partial charge in [-0.1, -0.05) is 39.2 Å². The number of aromatic nitrogens is 1. The molecule has 0 atom stereocenters. The van der Waals surface area contributed by atoms with Crippen LogP contribution >= 0.6 is 0 Å². The van der Waals surface area contributed by atoms with Gasteiger partial charge >= 0.3 is 0 Å². The van der Waals surface area contributed by atoms with Gasteiger partial charge in [0, 0.05) is 11.0 Å². The quantitative estimate of drug-likeness (QED) is 0.649. The van der Waals surface area contributed by atoms with Gasteiger partial charge < -0.3 is 4.98 Å². The number of allylic oxidation sites excluding steroid dienone is 1. The fourth-order valence-corrected chi connectivity index (χ4v) is 0.942. The highest BCUT2D eigenvalue weighted by molar-refractivity contribution is 5.35. The van der Waals surface area contributed by atoms with Crippen molar-refractivity contribution in [1.29, 1.82) is 0 Å². The van der Waals surface area contributed by atoms with E-state index in [4.69, 9.17) is 0 Å². The number of rotatable bonds is 1. The summed E-state index contributed by atoms with van der Waals surface area (Å²) >= 11 is 0. The molecule has 1 rings (SSSR count). The van der Waals surface area contributed by atoms with Gasteiger partial charge in [0.25, 0.3) is 0 Å². The summed E-state index contributed by atoms with van der Waals surface area (Å²) in [5, 5.41) is 2.07. The summed E-state index contributed by atoms with van der Waals surface area (Å²) in [6, 6.07) is 2.05. The highest BCUT2D eigenvalue weighted by Gasteiger charge is 1.84. The maximum atomic E-state index is 3.83. The largest absolute Gasteiger partial charge is 0.359 e. The Morgan fingerprint density at radius 3 is 2.33 bits per heavy atom. The first-order valence-corrected chi connectivity index (χ1v) is 4.21. The Labute approximate surface area is 74.1 Å². The molecule has 0 bridgehead atoms. The van der Waals surface area contributed by atoms with E-state index in [1.807, 2.05) is 32.9 Å². The lowest BCUT2D eigenvalue weighted by molar-refractivity contribution is 1.22. The first-order chi connectivity index (χ1) is 5.74. The molecule has 1 N–H and O–H groups in total. The number of nitrogens with one attached hydrogen (secondary N) is 1. The summed E-state index contributed by atoms with van der Waals surface area (Å²) < 4.78 is 0. The van der Waals surface area contributed by atoms with Crippen LogP contribution in [0, 0.1) is 6.92 Å². The van der Waals surface area contributed by atoms with Gasteiger partial charge in [-0.2, -0.15) is 0 Å². The zero-order valence-electron chi connectivity index (χ0n) is 8.15. The topological polar surface area (TPSA) is 15.8 Å². The van der Waals surface area contributed by atoms with Crippen molar-refractivity contribution in [1.82, 2.24) is 4.98 Å². The van der Waals surface area contributed by atoms with Crippen LogP contribution in [0.2, 0.25) is 0 Å². The molecule has 0 aliphatic heterocycles. The van der Waals surface area contributed by atoms with E-state index in [9.17, 15) is 0 Å². The van der Waals surface area contributed by atoms with Gasteiger partial charge in [-0.05, 0) is 18.2 Å². The van der Waals surface area contributed by atoms with E-state index in [1.165, 1.54) is 0 Å². The molecule has 0 radical (unpaired) electrons. The molecule has 0 saturated carbocycles. The molecule has 0 fully saturated rings. The van der Waals surface area contributed by atoms with Gasteiger partial charge in [0.15, 0.2) is 0 Å². The van der Waals surface area contributed by atoms with Crippen LogP contribution in [0.1, 0.15) is 19.5 Å². The Morgan fingerprint density at radius 1 is 1.42 bits per heavy atom. The zero-order valence-corrected chi connectivity index (χ0v) is 8.15. The lowest BCUT2D eigenvalue weighted by Crippen LogP contribution is -2.19. The normalized spacial score (nSPS) is 10.4. The third kappa shape index (κ3) is 2.79. The monoisotopic (exact) mass is 163 g/mol. The van der Waals surface area contributed by atoms with Crippen LogP contribution in [0.4, 0.5) is 0 Å². The molecule has 0 amide bonds. The van der Waals surface area contributed by atoms with Crippen LogP contribution in [-0.4, -0.2) is 4.98 Å². The van der Waals surface area contributed by atoms with E-state index in [1.54, 1.807) is 6.08 Å². The second kappa shape index (κ2) is 5.42. The Hall–Kier alpha value is -1.24. The van der Waals surface area contributed by atoms with Gasteiger partial charge in [0.2, 0.25) is 0 Å². The molecule has 0 aliphatic rings. The zero-order chi connectivity index (χ0) is 9.56. The van der Waals surface area contributed by atoms with Crippen molar-refractivity contribution < 1.29 is 0 Å². The van der Waals surface area contributed by atoms with E-state index < -0.39 is 0 Å². The summed E-state index contributed by atoms with van der Waals surface area (Å²) in [4.78, 5) is 3.10. The van der Waals surface area contributed by atoms with Gasteiger partial charge in [0.05, 0.1) is 0 Å². The summed E-state index contributed by atoms with van der Waals surface area (Å²) in [5.74, 6) is 0. The summed E-state index contributed by atoms with van der Waals surface area (Å²) in [7, 11) is 0. The Morgan fingerprint density at radius 2 is 2.00 bits per heavy atom. The average Bonchev–Trinajstić information content (AvgIpc) is 2.35. The van der Waals surface area contributed by atoms with E-state index >= 15 is 0 Å². The first kappa shape index (κ1) is 10.8. The van der Waals surface area contributed by atoms with Crippen LogP contribution in [0.5, 0.6) is 0 Å². The molecule has 0 saturated heterocycles. The average molecular weight is 163 g/mol. The number of hydrogen-bond donors (Lipinski definition) is 1. The summed E-state index contributed by atoms with van der Waals surface area (Å²) in [6.07, 6.45) is 3.70. The van der Waals surface area contributed by atoms with E-state index in [0.29, 0.717) is 0 Å². The lowest BCUT2D eigenvalue weighted by Gasteiger charge is -1.72. The molecule has 1 heteroatoms. The van der Waals surface area contributed by atoms with E-state index in [0.717, 1.165) is 16.3 Å². The van der Waals surface area contributed by atoms with Crippen LogP contribution in [-0.2, 0) is 0 Å². The van der Waals surface area contributed by atoms with Crippen molar-refractivity contribution >= 4 is 12.7 Å². The Balaban J connectivity index is 0.000000561. The predicted molar refractivity (Wildman–Crippen MR) is 56.3 cm³/mol. The molecule has 0 spiro atoms. The highest BCUT2D eigenvalue weighted by atomic mass is 14.7. The van der Waals surface area contributed by atoms with Crippen molar-refractivity contribution in [2.75, 3.05) is 0 Å². The minimum Gasteiger partial charge on any atom is -0.359 e. The summed E-state index contributed by atoms with van der Waals surface area (Å²) in [5.41, 5.74) is 1.14. The Kier molecular flexibility index (Phi) is 4.86. The molecular weight excluding hydrogens is 146 g/mol. The third-order valence-corrected chi connectivity index (χ3v) is 1.37. The minimum atomic E-state index is 0.956. The van der Waals surface area contributed by atoms with Gasteiger partial charge in [-0.3, -0.25) is 0 Å². The maximum absolute atomic E-state index is 3.83.